The van der Waals surface area contributed by atoms with E-state index in [9.17, 15) is 14.4 Å². The molecule has 6 saturated heterocycles. The van der Waals surface area contributed by atoms with Crippen molar-refractivity contribution < 1.29 is 33.3 Å². The minimum Gasteiger partial charge on any atom is -0.349 e. The summed E-state index contributed by atoms with van der Waals surface area (Å²) in [4.78, 5) is 37.8. The molecule has 0 atom stereocenters. The number of piperidine rings is 4. The molecule has 11 nitrogen and oxygen atoms in total. The van der Waals surface area contributed by atoms with Gasteiger partial charge >= 0.3 is 0 Å². The average molecular weight is 1700 g/mol. The molecule has 676 valence electrons. The molecule has 0 radical (unpaired) electrons. The topological polar surface area (TPSA) is 127 Å². The molecule has 0 unspecified atom stereocenters. The van der Waals surface area contributed by atoms with E-state index < -0.39 is 11.6 Å². The second-order valence-corrected chi connectivity index (χ2v) is 45.5. The van der Waals surface area contributed by atoms with Crippen molar-refractivity contribution in [2.45, 2.75) is 405 Å². The zero-order valence-corrected chi connectivity index (χ0v) is 79.3. The lowest BCUT2D eigenvalue weighted by atomic mass is 9.61. The molecule has 3 N–H and O–H groups in total. The third-order valence-corrected chi connectivity index (χ3v) is 34.8. The quantitative estimate of drug-likeness (QED) is 0.141. The number of hydrogen-bond acceptors (Lipinski definition) is 11. The van der Waals surface area contributed by atoms with E-state index in [-0.39, 0.29) is 49.7 Å². The molecular weight excluding hydrogens is 1550 g/mol. The van der Waals surface area contributed by atoms with Gasteiger partial charge in [-0.3, -0.25) is 19.3 Å². The molecule has 9 spiro atoms. The Kier molecular flexibility index (Phi) is 26.8. The van der Waals surface area contributed by atoms with Crippen molar-refractivity contribution >= 4 is 17.3 Å². The van der Waals surface area contributed by atoms with Crippen LogP contribution in [0.3, 0.4) is 0 Å². The van der Waals surface area contributed by atoms with Crippen molar-refractivity contribution in [3.8, 4) is 0 Å². The molecule has 7 aromatic rings. The van der Waals surface area contributed by atoms with Gasteiger partial charge in [0.25, 0.3) is 0 Å². The summed E-state index contributed by atoms with van der Waals surface area (Å²) in [6.07, 6.45) is 38.5. The molecule has 0 aromatic heterocycles. The van der Waals surface area contributed by atoms with Gasteiger partial charge in [-0.1, -0.05) is 209 Å². The maximum atomic E-state index is 12.9. The van der Waals surface area contributed by atoms with E-state index in [1.165, 1.54) is 155 Å². The number of benzene rings is 7. The van der Waals surface area contributed by atoms with E-state index in [0.717, 1.165) is 141 Å². The van der Waals surface area contributed by atoms with Gasteiger partial charge in [0, 0.05) is 109 Å². The number of likely N-dealkylation sites (tertiary alicyclic amines) is 1. The van der Waals surface area contributed by atoms with E-state index in [1.54, 1.807) is 0 Å². The number of aryl methyl sites for hydroxylation is 7. The number of hydrogen-bond donors (Lipinski definition) is 3. The van der Waals surface area contributed by atoms with Crippen LogP contribution in [0.15, 0.2) is 170 Å². The van der Waals surface area contributed by atoms with E-state index >= 15 is 0 Å². The van der Waals surface area contributed by atoms with Crippen molar-refractivity contribution in [3.63, 3.8) is 0 Å². The van der Waals surface area contributed by atoms with Crippen LogP contribution in [0, 0.1) is 53.9 Å². The Labute approximate surface area is 758 Å². The van der Waals surface area contributed by atoms with E-state index in [2.05, 4.69) is 274 Å². The Morgan fingerprint density at radius 3 is 0.651 bits per heavy atom. The fourth-order valence-corrected chi connectivity index (χ4v) is 26.9. The van der Waals surface area contributed by atoms with E-state index in [1.807, 2.05) is 0 Å². The molecule has 7 aliphatic carbocycles. The first-order valence-electron chi connectivity index (χ1n) is 50.0. The predicted molar refractivity (Wildman–Crippen MR) is 512 cm³/mol. The van der Waals surface area contributed by atoms with Crippen molar-refractivity contribution in [3.05, 3.63) is 248 Å². The highest BCUT2D eigenvalue weighted by molar-refractivity contribution is 5.82. The zero-order chi connectivity index (χ0) is 88.0. The molecule has 0 amide bonds. The third-order valence-electron chi connectivity index (χ3n) is 34.8. The summed E-state index contributed by atoms with van der Waals surface area (Å²) in [5.41, 5.74) is 19.6. The first-order valence-corrected chi connectivity index (χ1v) is 50.0. The Hall–Kier alpha value is -6.77. The Balaban J connectivity index is 0.000000159. The molecule has 7 saturated carbocycles. The summed E-state index contributed by atoms with van der Waals surface area (Å²) in [6.45, 7) is 26.3. The molecule has 6 heterocycles. The van der Waals surface area contributed by atoms with Crippen LogP contribution in [-0.2, 0) is 33.3 Å². The molecule has 13 fully saturated rings. The molecule has 126 heavy (non-hydrogen) atoms. The number of rotatable bonds is 7. The maximum Gasteiger partial charge on any atom is 0.171 e. The van der Waals surface area contributed by atoms with Crippen molar-refractivity contribution in [1.29, 1.82) is 0 Å². The maximum absolute atomic E-state index is 12.9. The van der Waals surface area contributed by atoms with Gasteiger partial charge in [-0.05, 0) is 331 Å². The second-order valence-electron chi connectivity index (χ2n) is 45.5. The van der Waals surface area contributed by atoms with E-state index in [4.69, 9.17) is 18.9 Å². The lowest BCUT2D eigenvalue weighted by molar-refractivity contribution is -0.389. The van der Waals surface area contributed by atoms with Crippen LogP contribution >= 0.6 is 0 Å². The minimum absolute atomic E-state index is 0.0128. The monoisotopic (exact) mass is 1700 g/mol. The predicted octanol–water partition coefficient (Wildman–Crippen LogP) is 25.7. The zero-order valence-electron chi connectivity index (χ0n) is 79.3. The SMILES string of the molecule is CN1C(C)(C)CC(=O)CC1(C)C.Cc1ccc(C2CCC(=O)CC2)cc1.Cc1ccc(C2CCC3(CC2)CC(=O)CC2(CCC(c4ccc(C)cc4)CC2)N3)cc1.Cc1ccc(C2CCC3(CC2)CC2(CC4(CCC(c5ccc(C)cc5)CC4)N3)OCC3(CO2)COC2(CC4(CCC(c5ccc(C)cc5)CC4)NC4(CCC(c5ccc(C)cc5)CC4)C2)OC3)cc1. The van der Waals surface area contributed by atoms with Gasteiger partial charge < -0.3 is 34.9 Å². The number of nitrogens with zero attached hydrogens (tertiary/aromatic N) is 1. The number of ether oxygens (including phenoxy) is 4. The average Bonchev–Trinajstić information content (AvgIpc) is 0.718. The van der Waals surface area contributed by atoms with Crippen LogP contribution in [0.2, 0.25) is 0 Å². The Morgan fingerprint density at radius 2 is 0.437 bits per heavy atom. The van der Waals surface area contributed by atoms with Crippen LogP contribution in [0.4, 0.5) is 0 Å². The van der Waals surface area contributed by atoms with Gasteiger partial charge in [0.2, 0.25) is 0 Å². The number of nitrogens with one attached hydrogen (secondary N) is 3. The number of carbonyl (C=O) groups excluding carboxylic acids is 3. The van der Waals surface area contributed by atoms with Crippen molar-refractivity contribution in [2.75, 3.05) is 33.5 Å². The smallest absolute Gasteiger partial charge is 0.171 e. The fraction of sp³-hybridized carbons (Fsp3) is 0.609. The van der Waals surface area contributed by atoms with Gasteiger partial charge in [0.05, 0.1) is 31.8 Å². The van der Waals surface area contributed by atoms with Crippen LogP contribution in [-0.4, -0.2) is 112 Å². The number of Topliss-reactive ketones (excluding diaryl/α,β-unsaturated/α-hetero) is 3. The highest BCUT2D eigenvalue weighted by atomic mass is 16.7. The Morgan fingerprint density at radius 1 is 0.254 bits per heavy atom. The highest BCUT2D eigenvalue weighted by Crippen LogP contribution is 2.59. The lowest BCUT2D eigenvalue weighted by Crippen LogP contribution is -2.73. The molecule has 6 aliphatic heterocycles. The third kappa shape index (κ3) is 20.9. The summed E-state index contributed by atoms with van der Waals surface area (Å²) in [5.74, 6) is 4.53. The molecule has 13 aliphatic rings. The molecule has 20 rings (SSSR count). The summed E-state index contributed by atoms with van der Waals surface area (Å²) in [6, 6.07) is 64.3. The normalized spacial score (nSPS) is 35.2. The van der Waals surface area contributed by atoms with Crippen LogP contribution in [0.25, 0.3) is 0 Å². The van der Waals surface area contributed by atoms with Gasteiger partial charge in [-0.25, -0.2) is 0 Å². The van der Waals surface area contributed by atoms with Crippen molar-refractivity contribution in [1.82, 2.24) is 20.9 Å². The molecule has 0 bridgehead atoms. The summed E-state index contributed by atoms with van der Waals surface area (Å²) in [5, 5.41) is 13.2. The molecular formula is C115H154N4O7. The summed E-state index contributed by atoms with van der Waals surface area (Å²) < 4.78 is 29.5. The van der Waals surface area contributed by atoms with E-state index in [0.29, 0.717) is 98.0 Å². The summed E-state index contributed by atoms with van der Waals surface area (Å²) >= 11 is 0. The number of ketones is 3. The fourth-order valence-electron chi connectivity index (χ4n) is 26.9. The minimum atomic E-state index is -0.589. The van der Waals surface area contributed by atoms with Crippen LogP contribution < -0.4 is 16.0 Å². The Bertz CT molecular complexity index is 4380. The standard InChI is InChI=1S/C63H82N2O4.C29H37NO.C13H16O.C10H19NO/c1-45-5-13-49(14-6-45)53-21-29-58(30-22-53)37-62(38-59(64-58)31-23-54(24-32-59)50-15-7-46(2)8-16-50)66-41-57(42-67-62)43-68-63(69-44-57)39-60(33-25-55(26-34-60)51-17-9-47(3)10-18-51)65-61(40-63)35-27-56(28-36-61)52-19-11-48(4)12-20-52;1-21-3-7-23(8-4-21)25-11-15-28(16-12-25)19-27(31)20-29(30-28)17-13-26(14-18-29)24-9-5-22(2)6-10-24;1-10-2-4-11(5-3-10)12-6-8-13(14)9-7-12;1-9(2)6-8(12)7-10(3,4)11(9)5/h5-20,53-56,64-65H,21-44H2,1-4H3;3-10,25-26,30H,11-20H2,1-2H3;2-5,12H,6-9H2,1H3;6-7H2,1-5H3. The first kappa shape index (κ1) is 91.1. The van der Waals surface area contributed by atoms with Gasteiger partial charge in [0.15, 0.2) is 11.6 Å². The van der Waals surface area contributed by atoms with Crippen molar-refractivity contribution in [2.24, 2.45) is 5.41 Å². The van der Waals surface area contributed by atoms with Crippen LogP contribution in [0.5, 0.6) is 0 Å². The van der Waals surface area contributed by atoms with Gasteiger partial charge in [-0.15, -0.1) is 0 Å². The highest BCUT2D eigenvalue weighted by Gasteiger charge is 2.64. The van der Waals surface area contributed by atoms with Crippen LogP contribution in [0.1, 0.15) is 378 Å². The largest absolute Gasteiger partial charge is 0.349 e. The summed E-state index contributed by atoms with van der Waals surface area (Å²) in [7, 11) is 2.10. The van der Waals surface area contributed by atoms with Gasteiger partial charge in [-0.2, -0.15) is 0 Å². The lowest BCUT2D eigenvalue weighted by Gasteiger charge is -2.63. The molecule has 7 aromatic carbocycles. The number of carbonyl (C=O) groups is 3. The first-order chi connectivity index (χ1) is 60.3. The molecule has 11 heteroatoms. The second kappa shape index (κ2) is 37.1. The van der Waals surface area contributed by atoms with Gasteiger partial charge in [0.1, 0.15) is 17.3 Å².